The van der Waals surface area contributed by atoms with Crippen LogP contribution in [0.25, 0.3) is 11.0 Å². The van der Waals surface area contributed by atoms with Crippen molar-refractivity contribution < 1.29 is 9.53 Å². The number of piperidine rings is 1. The number of ether oxygens (including phenoxy) is 1. The molecule has 1 aliphatic rings. The van der Waals surface area contributed by atoms with Crippen LogP contribution in [-0.2, 0) is 4.79 Å². The summed E-state index contributed by atoms with van der Waals surface area (Å²) in [5.74, 6) is 1.92. The number of aromatic nitrogens is 2. The van der Waals surface area contributed by atoms with Crippen LogP contribution in [0.5, 0.6) is 5.75 Å². The molecule has 140 valence electrons. The van der Waals surface area contributed by atoms with Crippen molar-refractivity contribution in [2.45, 2.75) is 31.8 Å². The number of hydrogen-bond donors (Lipinski definition) is 1. The van der Waals surface area contributed by atoms with E-state index in [0.29, 0.717) is 12.3 Å². The highest BCUT2D eigenvalue weighted by molar-refractivity contribution is 9.10. The molecule has 3 aromatic rings. The Hall–Kier alpha value is -2.34. The van der Waals surface area contributed by atoms with Gasteiger partial charge in [0.1, 0.15) is 11.6 Å². The fourth-order valence-corrected chi connectivity index (χ4v) is 3.86. The number of hydrogen-bond acceptors (Lipinski definition) is 3. The third-order valence-electron chi connectivity index (χ3n) is 5.00. The topological polar surface area (TPSA) is 58.2 Å². The van der Waals surface area contributed by atoms with E-state index in [2.05, 4.69) is 20.9 Å². The molecule has 27 heavy (non-hydrogen) atoms. The molecule has 1 amide bonds. The molecule has 4 rings (SSSR count). The van der Waals surface area contributed by atoms with Crippen molar-refractivity contribution in [2.75, 3.05) is 13.1 Å². The first-order valence-corrected chi connectivity index (χ1v) is 10.0. The Bertz CT molecular complexity index is 905. The number of benzene rings is 2. The van der Waals surface area contributed by atoms with E-state index in [1.807, 2.05) is 60.4 Å². The van der Waals surface area contributed by atoms with Crippen LogP contribution >= 0.6 is 15.9 Å². The zero-order valence-corrected chi connectivity index (χ0v) is 16.8. The number of carbonyl (C=O) groups is 1. The Morgan fingerprint density at radius 2 is 2.04 bits per heavy atom. The number of carbonyl (C=O) groups excluding carboxylic acids is 1. The molecule has 2 unspecified atom stereocenters. The van der Waals surface area contributed by atoms with Gasteiger partial charge >= 0.3 is 0 Å². The van der Waals surface area contributed by atoms with Gasteiger partial charge in [-0.15, -0.1) is 0 Å². The van der Waals surface area contributed by atoms with E-state index in [1.165, 1.54) is 0 Å². The normalized spacial score (nSPS) is 18.4. The number of nitrogens with zero attached hydrogens (tertiary/aromatic N) is 2. The number of para-hydroxylation sites is 2. The first-order chi connectivity index (χ1) is 13.1. The molecule has 1 N–H and O–H groups in total. The Morgan fingerprint density at radius 1 is 1.26 bits per heavy atom. The van der Waals surface area contributed by atoms with E-state index >= 15 is 0 Å². The predicted octanol–water partition coefficient (Wildman–Crippen LogP) is 4.50. The minimum atomic E-state index is -0.513. The molecular weight excluding hydrogens is 406 g/mol. The first-order valence-electron chi connectivity index (χ1n) is 9.26. The second-order valence-electron chi connectivity index (χ2n) is 6.98. The Morgan fingerprint density at radius 3 is 2.81 bits per heavy atom. The van der Waals surface area contributed by atoms with Crippen molar-refractivity contribution in [2.24, 2.45) is 0 Å². The fraction of sp³-hybridized carbons (Fsp3) is 0.333. The van der Waals surface area contributed by atoms with Crippen LogP contribution in [0, 0.1) is 0 Å². The van der Waals surface area contributed by atoms with E-state index in [4.69, 9.17) is 9.72 Å². The number of H-pyrrole nitrogens is 1. The molecule has 0 aliphatic carbocycles. The molecule has 0 bridgehead atoms. The zero-order chi connectivity index (χ0) is 18.8. The van der Waals surface area contributed by atoms with Gasteiger partial charge in [0, 0.05) is 23.5 Å². The molecule has 2 aromatic carbocycles. The van der Waals surface area contributed by atoms with Crippen LogP contribution in [0.2, 0.25) is 0 Å². The molecule has 1 saturated heterocycles. The highest BCUT2D eigenvalue weighted by atomic mass is 79.9. The SMILES string of the molecule is CC(Oc1ccc(Br)cc1)C(=O)N1CCCC(c2nc3ccccc3[nH]2)C1. The second kappa shape index (κ2) is 7.72. The van der Waals surface area contributed by atoms with E-state index in [9.17, 15) is 4.79 Å². The average Bonchev–Trinajstić information content (AvgIpc) is 3.13. The quantitative estimate of drug-likeness (QED) is 0.666. The van der Waals surface area contributed by atoms with Crippen molar-refractivity contribution in [1.82, 2.24) is 14.9 Å². The van der Waals surface area contributed by atoms with Crippen LogP contribution < -0.4 is 4.74 Å². The van der Waals surface area contributed by atoms with Crippen molar-refractivity contribution in [1.29, 1.82) is 0 Å². The third kappa shape index (κ3) is 4.00. The lowest BCUT2D eigenvalue weighted by Gasteiger charge is -2.33. The maximum absolute atomic E-state index is 12.9. The van der Waals surface area contributed by atoms with Gasteiger partial charge in [0.15, 0.2) is 6.10 Å². The van der Waals surface area contributed by atoms with Crippen LogP contribution in [-0.4, -0.2) is 40.0 Å². The van der Waals surface area contributed by atoms with Gasteiger partial charge in [-0.25, -0.2) is 4.98 Å². The van der Waals surface area contributed by atoms with Crippen molar-refractivity contribution in [3.05, 3.63) is 58.8 Å². The zero-order valence-electron chi connectivity index (χ0n) is 15.2. The van der Waals surface area contributed by atoms with Gasteiger partial charge in [-0.2, -0.15) is 0 Å². The van der Waals surface area contributed by atoms with Gasteiger partial charge in [0.25, 0.3) is 5.91 Å². The number of nitrogens with one attached hydrogen (secondary N) is 1. The number of fused-ring (bicyclic) bond motifs is 1. The van der Waals surface area contributed by atoms with Gasteiger partial charge in [-0.05, 0) is 56.2 Å². The Balaban J connectivity index is 1.43. The molecule has 0 radical (unpaired) electrons. The van der Waals surface area contributed by atoms with Crippen LogP contribution in [0.1, 0.15) is 31.5 Å². The summed E-state index contributed by atoms with van der Waals surface area (Å²) in [6.45, 7) is 3.26. The number of halogens is 1. The van der Waals surface area contributed by atoms with Crippen molar-refractivity contribution >= 4 is 32.9 Å². The minimum absolute atomic E-state index is 0.0266. The predicted molar refractivity (Wildman–Crippen MR) is 109 cm³/mol. The lowest BCUT2D eigenvalue weighted by Crippen LogP contribution is -2.45. The van der Waals surface area contributed by atoms with Crippen molar-refractivity contribution in [3.8, 4) is 5.75 Å². The summed E-state index contributed by atoms with van der Waals surface area (Å²) in [6.07, 6.45) is 1.49. The summed E-state index contributed by atoms with van der Waals surface area (Å²) in [5, 5.41) is 0. The van der Waals surface area contributed by atoms with E-state index in [0.717, 1.165) is 40.7 Å². The molecule has 2 atom stereocenters. The van der Waals surface area contributed by atoms with E-state index in [-0.39, 0.29) is 11.8 Å². The summed E-state index contributed by atoms with van der Waals surface area (Å²) >= 11 is 3.40. The largest absolute Gasteiger partial charge is 0.481 e. The molecule has 2 heterocycles. The molecule has 6 heteroatoms. The molecule has 0 saturated carbocycles. The second-order valence-corrected chi connectivity index (χ2v) is 7.89. The maximum atomic E-state index is 12.9. The smallest absolute Gasteiger partial charge is 0.263 e. The van der Waals surface area contributed by atoms with Gasteiger partial charge in [0.05, 0.1) is 11.0 Å². The van der Waals surface area contributed by atoms with Crippen LogP contribution in [0.4, 0.5) is 0 Å². The van der Waals surface area contributed by atoms with Gasteiger partial charge in [0.2, 0.25) is 0 Å². The third-order valence-corrected chi connectivity index (χ3v) is 5.53. The van der Waals surface area contributed by atoms with Crippen molar-refractivity contribution in [3.63, 3.8) is 0 Å². The minimum Gasteiger partial charge on any atom is -0.481 e. The molecule has 0 spiro atoms. The Labute approximate surface area is 166 Å². The first kappa shape index (κ1) is 18.0. The summed E-state index contributed by atoms with van der Waals surface area (Å²) < 4.78 is 6.82. The maximum Gasteiger partial charge on any atom is 0.263 e. The van der Waals surface area contributed by atoms with Crippen LogP contribution in [0.3, 0.4) is 0 Å². The molecule has 1 aromatic heterocycles. The lowest BCUT2D eigenvalue weighted by molar-refractivity contribution is -0.139. The number of imidazole rings is 1. The number of rotatable bonds is 4. The number of likely N-dealkylation sites (tertiary alicyclic amines) is 1. The van der Waals surface area contributed by atoms with E-state index in [1.54, 1.807) is 0 Å². The van der Waals surface area contributed by atoms with Gasteiger partial charge < -0.3 is 14.6 Å². The summed E-state index contributed by atoms with van der Waals surface area (Å²) in [7, 11) is 0. The average molecular weight is 428 g/mol. The summed E-state index contributed by atoms with van der Waals surface area (Å²) in [5.41, 5.74) is 2.02. The summed E-state index contributed by atoms with van der Waals surface area (Å²) in [6, 6.07) is 15.6. The number of amides is 1. The fourth-order valence-electron chi connectivity index (χ4n) is 3.59. The molecular formula is C21H22BrN3O2. The van der Waals surface area contributed by atoms with Gasteiger partial charge in [-0.1, -0.05) is 28.1 Å². The number of aromatic amines is 1. The lowest BCUT2D eigenvalue weighted by atomic mass is 9.97. The van der Waals surface area contributed by atoms with Crippen LogP contribution in [0.15, 0.2) is 53.0 Å². The highest BCUT2D eigenvalue weighted by Crippen LogP contribution is 2.27. The van der Waals surface area contributed by atoms with Gasteiger partial charge in [-0.3, -0.25) is 4.79 Å². The molecule has 1 aliphatic heterocycles. The summed E-state index contributed by atoms with van der Waals surface area (Å²) in [4.78, 5) is 22.9. The molecule has 1 fully saturated rings. The highest BCUT2D eigenvalue weighted by Gasteiger charge is 2.29. The standard InChI is InChI=1S/C21H22BrN3O2/c1-14(27-17-10-8-16(22)9-11-17)21(26)25-12-4-5-15(13-25)20-23-18-6-2-3-7-19(18)24-20/h2-3,6-11,14-15H,4-5,12-13H2,1H3,(H,23,24). The Kier molecular flexibility index (Phi) is 5.16. The molecule has 5 nitrogen and oxygen atoms in total. The monoisotopic (exact) mass is 427 g/mol. The van der Waals surface area contributed by atoms with E-state index < -0.39 is 6.10 Å².